The minimum atomic E-state index is -0.259. The first-order chi connectivity index (χ1) is 15.6. The number of ether oxygens (including phenoxy) is 1. The van der Waals surface area contributed by atoms with Gasteiger partial charge in [0.15, 0.2) is 0 Å². The van der Waals surface area contributed by atoms with Crippen molar-refractivity contribution in [2.24, 2.45) is 0 Å². The fourth-order valence-corrected chi connectivity index (χ4v) is 3.62. The zero-order valence-electron chi connectivity index (χ0n) is 17.3. The van der Waals surface area contributed by atoms with Gasteiger partial charge in [-0.2, -0.15) is 0 Å². The van der Waals surface area contributed by atoms with Crippen molar-refractivity contribution in [3.05, 3.63) is 102 Å². The van der Waals surface area contributed by atoms with Crippen molar-refractivity contribution in [2.45, 2.75) is 0 Å². The molecule has 0 atom stereocenters. The molecule has 1 aliphatic heterocycles. The van der Waals surface area contributed by atoms with Crippen LogP contribution in [0.4, 0.5) is 11.4 Å². The molecule has 5 rings (SSSR count). The van der Waals surface area contributed by atoms with Gasteiger partial charge in [-0.15, -0.1) is 0 Å². The van der Waals surface area contributed by atoms with E-state index < -0.39 is 0 Å². The molecular formula is C26H19N3O3. The van der Waals surface area contributed by atoms with Gasteiger partial charge >= 0.3 is 0 Å². The molecule has 0 saturated heterocycles. The van der Waals surface area contributed by atoms with Crippen molar-refractivity contribution in [1.29, 1.82) is 0 Å². The number of hydrogen-bond donors (Lipinski definition) is 1. The van der Waals surface area contributed by atoms with Crippen molar-refractivity contribution < 1.29 is 14.3 Å². The van der Waals surface area contributed by atoms with Gasteiger partial charge in [-0.1, -0.05) is 42.5 Å². The standard InChI is InChI=1S/C26H19N3O3/c1-29-22-8-5-15-27-25(22)32-23-14-13-20(16-21(23)26(29)31)28-24(30)19-11-9-18(10-12-19)17-6-3-2-4-7-17/h2-16H,1H3,(H,28,30). The van der Waals surface area contributed by atoms with Crippen LogP contribution in [0.25, 0.3) is 11.1 Å². The molecule has 32 heavy (non-hydrogen) atoms. The van der Waals surface area contributed by atoms with Crippen molar-refractivity contribution in [3.8, 4) is 22.8 Å². The second-order valence-electron chi connectivity index (χ2n) is 7.40. The predicted molar refractivity (Wildman–Crippen MR) is 123 cm³/mol. The largest absolute Gasteiger partial charge is 0.436 e. The van der Waals surface area contributed by atoms with Gasteiger partial charge in [-0.25, -0.2) is 4.98 Å². The quantitative estimate of drug-likeness (QED) is 0.482. The number of anilines is 2. The van der Waals surface area contributed by atoms with Crippen molar-refractivity contribution >= 4 is 23.2 Å². The Bertz CT molecular complexity index is 1320. The molecule has 6 nitrogen and oxygen atoms in total. The van der Waals surface area contributed by atoms with Crippen molar-refractivity contribution in [3.63, 3.8) is 0 Å². The maximum atomic E-state index is 13.0. The lowest BCUT2D eigenvalue weighted by atomic mass is 10.0. The molecule has 0 fully saturated rings. The van der Waals surface area contributed by atoms with Gasteiger partial charge in [-0.3, -0.25) is 9.59 Å². The van der Waals surface area contributed by atoms with Crippen LogP contribution < -0.4 is 15.0 Å². The molecule has 156 valence electrons. The molecule has 1 aliphatic rings. The predicted octanol–water partition coefficient (Wildman–Crippen LogP) is 5.38. The summed E-state index contributed by atoms with van der Waals surface area (Å²) in [6.45, 7) is 0. The average Bonchev–Trinajstić information content (AvgIpc) is 2.94. The Morgan fingerprint density at radius 1 is 0.906 bits per heavy atom. The van der Waals surface area contributed by atoms with Crippen molar-refractivity contribution in [2.75, 3.05) is 17.3 Å². The monoisotopic (exact) mass is 421 g/mol. The Labute approximate surface area is 185 Å². The molecule has 1 N–H and O–H groups in total. The Morgan fingerprint density at radius 3 is 2.44 bits per heavy atom. The number of nitrogens with one attached hydrogen (secondary N) is 1. The van der Waals surface area contributed by atoms with Gasteiger partial charge in [0.2, 0.25) is 5.88 Å². The zero-order chi connectivity index (χ0) is 22.1. The van der Waals surface area contributed by atoms with Gasteiger partial charge in [0, 0.05) is 24.5 Å². The molecule has 0 saturated carbocycles. The van der Waals surface area contributed by atoms with Gasteiger partial charge in [0.1, 0.15) is 11.4 Å². The molecular weight excluding hydrogens is 402 g/mol. The van der Waals surface area contributed by atoms with E-state index in [4.69, 9.17) is 4.74 Å². The lowest BCUT2D eigenvalue weighted by molar-refractivity contribution is 0.0990. The Hall–Kier alpha value is -4.45. The third-order valence-electron chi connectivity index (χ3n) is 5.35. The van der Waals surface area contributed by atoms with Crippen LogP contribution in [0.3, 0.4) is 0 Å². The van der Waals surface area contributed by atoms with Crippen LogP contribution in [0, 0.1) is 0 Å². The zero-order valence-corrected chi connectivity index (χ0v) is 17.3. The summed E-state index contributed by atoms with van der Waals surface area (Å²) in [4.78, 5) is 31.5. The molecule has 6 heteroatoms. The average molecular weight is 421 g/mol. The Morgan fingerprint density at radius 2 is 1.66 bits per heavy atom. The summed E-state index contributed by atoms with van der Waals surface area (Å²) >= 11 is 0. The second-order valence-corrected chi connectivity index (χ2v) is 7.40. The number of aromatic nitrogens is 1. The third kappa shape index (κ3) is 3.58. The summed E-state index contributed by atoms with van der Waals surface area (Å²) < 4.78 is 5.86. The van der Waals surface area contributed by atoms with E-state index in [1.54, 1.807) is 55.7 Å². The normalized spacial score (nSPS) is 12.3. The topological polar surface area (TPSA) is 71.5 Å². The highest BCUT2D eigenvalue weighted by molar-refractivity contribution is 6.10. The number of hydrogen-bond acceptors (Lipinski definition) is 4. The van der Waals surface area contributed by atoms with Crippen molar-refractivity contribution in [1.82, 2.24) is 4.98 Å². The minimum Gasteiger partial charge on any atom is -0.436 e. The first-order valence-electron chi connectivity index (χ1n) is 10.1. The molecule has 0 bridgehead atoms. The molecule has 0 aliphatic carbocycles. The van der Waals surface area contributed by atoms with E-state index in [0.717, 1.165) is 11.1 Å². The summed E-state index contributed by atoms with van der Waals surface area (Å²) in [5.74, 6) is 0.252. The number of fused-ring (bicyclic) bond motifs is 2. The summed E-state index contributed by atoms with van der Waals surface area (Å²) in [5.41, 5.74) is 4.08. The lowest BCUT2D eigenvalue weighted by Gasteiger charge is -2.15. The van der Waals surface area contributed by atoms with Gasteiger partial charge in [-0.05, 0) is 53.6 Å². The highest BCUT2D eigenvalue weighted by Crippen LogP contribution is 2.37. The summed E-state index contributed by atoms with van der Waals surface area (Å²) in [5, 5.41) is 2.86. The van der Waals surface area contributed by atoms with E-state index in [0.29, 0.717) is 34.1 Å². The smallest absolute Gasteiger partial charge is 0.262 e. The number of benzene rings is 3. The van der Waals surface area contributed by atoms with E-state index in [2.05, 4.69) is 10.3 Å². The molecule has 2 amide bonds. The number of carbonyl (C=O) groups is 2. The molecule has 4 aromatic rings. The van der Waals surface area contributed by atoms with E-state index >= 15 is 0 Å². The summed E-state index contributed by atoms with van der Waals surface area (Å²) in [7, 11) is 1.67. The van der Waals surface area contributed by atoms with Crippen LogP contribution in [-0.2, 0) is 0 Å². The number of amides is 2. The SMILES string of the molecule is CN1C(=O)c2cc(NC(=O)c3ccc(-c4ccccc4)cc3)ccc2Oc2ncccc21. The fraction of sp³-hybridized carbons (Fsp3) is 0.0385. The van der Waals surface area contributed by atoms with Gasteiger partial charge in [0.05, 0.1) is 5.56 Å². The first kappa shape index (κ1) is 19.5. The minimum absolute atomic E-state index is 0.241. The highest BCUT2D eigenvalue weighted by atomic mass is 16.5. The second kappa shape index (κ2) is 8.00. The van der Waals surface area contributed by atoms with E-state index in [-0.39, 0.29) is 11.8 Å². The van der Waals surface area contributed by atoms with E-state index in [9.17, 15) is 9.59 Å². The molecule has 0 unspecified atom stereocenters. The molecule has 2 heterocycles. The van der Waals surface area contributed by atoms with Crippen LogP contribution in [0.2, 0.25) is 0 Å². The highest BCUT2D eigenvalue weighted by Gasteiger charge is 2.26. The molecule has 1 aromatic heterocycles. The molecule has 0 radical (unpaired) electrons. The summed E-state index contributed by atoms with van der Waals surface area (Å²) in [6.07, 6.45) is 1.61. The van der Waals surface area contributed by atoms with E-state index in [1.807, 2.05) is 42.5 Å². The Balaban J connectivity index is 1.38. The lowest BCUT2D eigenvalue weighted by Crippen LogP contribution is -2.25. The number of nitrogens with zero attached hydrogens (tertiary/aromatic N) is 2. The maximum Gasteiger partial charge on any atom is 0.262 e. The molecule has 3 aromatic carbocycles. The fourth-order valence-electron chi connectivity index (χ4n) is 3.62. The summed E-state index contributed by atoms with van der Waals surface area (Å²) in [6, 6.07) is 25.9. The van der Waals surface area contributed by atoms with Crippen LogP contribution in [-0.4, -0.2) is 23.8 Å². The van der Waals surface area contributed by atoms with E-state index in [1.165, 1.54) is 4.90 Å². The Kier molecular flexibility index (Phi) is 4.88. The van der Waals surface area contributed by atoms with Gasteiger partial charge in [0.25, 0.3) is 11.8 Å². The number of carbonyl (C=O) groups excluding carboxylic acids is 2. The van der Waals surface area contributed by atoms with Crippen LogP contribution in [0.1, 0.15) is 20.7 Å². The van der Waals surface area contributed by atoms with Crippen LogP contribution >= 0.6 is 0 Å². The third-order valence-corrected chi connectivity index (χ3v) is 5.35. The molecule has 0 spiro atoms. The van der Waals surface area contributed by atoms with Gasteiger partial charge < -0.3 is 15.0 Å². The number of pyridine rings is 1. The maximum absolute atomic E-state index is 13.0. The first-order valence-corrected chi connectivity index (χ1v) is 10.1. The van der Waals surface area contributed by atoms with Crippen LogP contribution in [0.5, 0.6) is 11.6 Å². The van der Waals surface area contributed by atoms with Crippen LogP contribution in [0.15, 0.2) is 91.1 Å². The number of rotatable bonds is 3.